The van der Waals surface area contributed by atoms with Crippen LogP contribution < -0.4 is 16.0 Å². The highest BCUT2D eigenvalue weighted by molar-refractivity contribution is 5.74. The Morgan fingerprint density at radius 3 is 0.963 bits per heavy atom. The Morgan fingerprint density at radius 2 is 0.583 bits per heavy atom. The number of nitrogens with one attached hydrogen (secondary N) is 3. The first-order valence-corrected chi connectivity index (χ1v) is 34.4. The van der Waals surface area contributed by atoms with Crippen LogP contribution >= 0.6 is 0 Å². The Labute approximate surface area is 612 Å². The van der Waals surface area contributed by atoms with Crippen LogP contribution in [0.2, 0.25) is 0 Å². The molecule has 108 heavy (non-hydrogen) atoms. The molecule has 0 aromatic carbocycles. The van der Waals surface area contributed by atoms with Gasteiger partial charge in [-0.2, -0.15) is 0 Å². The zero-order chi connectivity index (χ0) is 79.9. The van der Waals surface area contributed by atoms with Crippen molar-refractivity contribution >= 4 is 17.7 Å². The first-order valence-electron chi connectivity index (χ1n) is 34.4. The smallest absolute Gasteiger partial charge is 0.217 e. The van der Waals surface area contributed by atoms with E-state index in [-0.39, 0.29) is 0 Å². The van der Waals surface area contributed by atoms with Gasteiger partial charge in [0.25, 0.3) is 0 Å². The topological polar surface area (TPSA) is 761 Å². The normalized spacial score (nSPS) is 47.3. The van der Waals surface area contributed by atoms with Crippen LogP contribution in [-0.4, -0.2) is 480 Å². The molecule has 0 radical (unpaired) electrons. The van der Waals surface area contributed by atoms with Gasteiger partial charge in [0.1, 0.15) is 213 Å². The highest BCUT2D eigenvalue weighted by Crippen LogP contribution is 2.40. The van der Waals surface area contributed by atoms with Crippen LogP contribution in [0.3, 0.4) is 0 Å². The molecule has 628 valence electrons. The van der Waals surface area contributed by atoms with Gasteiger partial charge >= 0.3 is 0 Å². The molecule has 0 spiro atoms. The number of hydrogen-bond donors (Lipinski definition) is 29. The monoisotopic (exact) mass is 1590 g/mol. The van der Waals surface area contributed by atoms with Crippen molar-refractivity contribution in [2.45, 2.75) is 298 Å². The van der Waals surface area contributed by atoms with Gasteiger partial charge in [0.05, 0.1) is 65.6 Å². The number of carbonyl (C=O) groups excluding carboxylic acids is 3. The van der Waals surface area contributed by atoms with Crippen molar-refractivity contribution in [3.63, 3.8) is 0 Å². The Hall–Kier alpha value is -3.27. The molecule has 3 amide bonds. The van der Waals surface area contributed by atoms with Crippen LogP contribution in [0.5, 0.6) is 0 Å². The van der Waals surface area contributed by atoms with Crippen LogP contribution in [0.15, 0.2) is 0 Å². The Balaban J connectivity index is 1.07. The highest BCUT2D eigenvalue weighted by Gasteiger charge is 2.61. The summed E-state index contributed by atoms with van der Waals surface area (Å²) in [5.74, 6) is -2.87. The van der Waals surface area contributed by atoms with Crippen LogP contribution in [-0.2, 0) is 90.2 Å². The predicted octanol–water partition coefficient (Wildman–Crippen LogP) is -19.5. The van der Waals surface area contributed by atoms with Gasteiger partial charge in [0, 0.05) is 20.8 Å². The summed E-state index contributed by atoms with van der Waals surface area (Å²) in [5, 5.41) is 291. The fraction of sp³-hybridized carbons (Fsp3) is 0.950. The molecule has 0 saturated carbocycles. The van der Waals surface area contributed by atoms with Crippen molar-refractivity contribution < 1.29 is 223 Å². The minimum atomic E-state index is -2.44. The third-order valence-electron chi connectivity index (χ3n) is 19.6. The molecule has 8 aliphatic heterocycles. The highest BCUT2D eigenvalue weighted by atomic mass is 16.8. The van der Waals surface area contributed by atoms with Gasteiger partial charge in [-0.15, -0.1) is 0 Å². The van der Waals surface area contributed by atoms with Crippen molar-refractivity contribution in [1.82, 2.24) is 16.0 Å². The SMILES string of the molecule is CC(=O)N[C@H]1[C@H](O[C@H]2[C@@H](O)[C@@H](CO)O[C@@H](O[C@H]3[C@H](O[C@@H]4O[C@@H](C)[C@@H](O)[C@@H](O)[C@@H]4O)[C@@H](NC(C)=O)[C@H](O[C@H]4[C@@H](O)[C@@H](CO)O[C@@H](O[C@H]5[C@H](O)[C@@H](NC(C)=O)[C@H](O[C@H]6[C@@H](O)[C@@H](CO)O[C@@H](O[C@@H]([C@H](O)[C@@H](O)CO)[C@H](O)CO)[C@@H]6O)O[C@@H]5CO)[C@@H]4O)O[C@@H]3CO)[C@@H]2O)O[C@H](CO)[C@@H](O[C@@H]2O[C@H](CO)[C@H](O)[C@H](O)[C@H]2O)[C@@H]1O. The Morgan fingerprint density at radius 1 is 0.296 bits per heavy atom. The number of ether oxygens (including phenoxy) is 16. The van der Waals surface area contributed by atoms with E-state index in [4.69, 9.17) is 75.8 Å². The Kier molecular flexibility index (Phi) is 33.3. The molecule has 8 rings (SSSR count). The van der Waals surface area contributed by atoms with E-state index < -0.39 is 347 Å². The largest absolute Gasteiger partial charge is 0.394 e. The van der Waals surface area contributed by atoms with Crippen LogP contribution in [0.4, 0.5) is 0 Å². The van der Waals surface area contributed by atoms with Gasteiger partial charge in [-0.3, -0.25) is 14.4 Å². The lowest BCUT2D eigenvalue weighted by Crippen LogP contribution is -2.72. The second-order valence-corrected chi connectivity index (χ2v) is 27.1. The van der Waals surface area contributed by atoms with Gasteiger partial charge in [-0.25, -0.2) is 0 Å². The summed E-state index contributed by atoms with van der Waals surface area (Å²) >= 11 is 0. The van der Waals surface area contributed by atoms with Gasteiger partial charge in [0.15, 0.2) is 50.3 Å². The molecule has 8 fully saturated rings. The standard InChI is InChI=1S/C60H103N3O45/c1-14-30(78)38(86)40(88)56(93-14)105-49-29(63-17(4)75)55(100-26(13-72)48(49)104-60-44(92)51(34(82)23(10-69)97-60)107-53-27(61-15(2)73)36(84)46(24(11-70)98-53)102-57-41(89)39(87)32(80)20(7-66)94-57)108-52-35(83)22(9-68)96-59(43(52)91)103-47-25(12-71)99-54(28(37(47)85)62-16(3)74)106-50-33(81)21(8-67)95-58(42(50)90)101-45(19(77)6-65)31(79)18(76)5-64/h14,18-60,64-72,76-92H,5-13H2,1-4H3,(H,61,73)(H,62,74)(H,63,75)/t14-,18-,19+,20+,21+,22+,23+,24+,25+,26+,27+,28+,29+,30+,31+,32-,33-,34-,35-,36+,37+,38+,39-,40-,41+,42+,43+,44+,45+,46+,47+,48+,49+,50-,51-,52-,53-,54-,55-,56-,57-,58-,59-,60-/m0/s1. The summed E-state index contributed by atoms with van der Waals surface area (Å²) in [4.78, 5) is 39.1. The maximum atomic E-state index is 13.5. The molecule has 44 atom stereocenters. The maximum absolute atomic E-state index is 13.5. The number of rotatable bonds is 31. The second kappa shape index (κ2) is 39.9. The van der Waals surface area contributed by atoms with Crippen molar-refractivity contribution in [2.75, 3.05) is 59.5 Å². The fourth-order valence-electron chi connectivity index (χ4n) is 13.7. The molecule has 0 unspecified atom stereocenters. The third-order valence-corrected chi connectivity index (χ3v) is 19.6. The summed E-state index contributed by atoms with van der Waals surface area (Å²) in [6.45, 7) is -6.06. The fourth-order valence-corrected chi connectivity index (χ4v) is 13.7. The zero-order valence-electron chi connectivity index (χ0n) is 58.2. The van der Waals surface area contributed by atoms with E-state index in [9.17, 15) is 147 Å². The van der Waals surface area contributed by atoms with Gasteiger partial charge < -0.3 is 225 Å². The minimum absolute atomic E-state index is 0.904. The number of amides is 3. The molecule has 48 heteroatoms. The molecular weight excluding hydrogens is 1480 g/mol. The van der Waals surface area contributed by atoms with Gasteiger partial charge in [-0.05, 0) is 6.92 Å². The lowest BCUT2D eigenvalue weighted by Gasteiger charge is -2.52. The summed E-state index contributed by atoms with van der Waals surface area (Å²) in [7, 11) is 0. The lowest BCUT2D eigenvalue weighted by molar-refractivity contribution is -0.397. The van der Waals surface area contributed by atoms with Crippen molar-refractivity contribution in [3.8, 4) is 0 Å². The lowest BCUT2D eigenvalue weighted by atomic mass is 9.93. The minimum Gasteiger partial charge on any atom is -0.394 e. The van der Waals surface area contributed by atoms with Crippen LogP contribution in [0, 0.1) is 0 Å². The van der Waals surface area contributed by atoms with E-state index in [2.05, 4.69) is 16.0 Å². The van der Waals surface area contributed by atoms with Crippen LogP contribution in [0.25, 0.3) is 0 Å². The molecule has 48 nitrogen and oxygen atoms in total. The quantitative estimate of drug-likeness (QED) is 0.0306. The van der Waals surface area contributed by atoms with Gasteiger partial charge in [-0.1, -0.05) is 0 Å². The summed E-state index contributed by atoms with van der Waals surface area (Å²) in [6.07, 6.45) is -84.5. The van der Waals surface area contributed by atoms with E-state index in [1.54, 1.807) is 0 Å². The summed E-state index contributed by atoms with van der Waals surface area (Å²) in [5.41, 5.74) is 0. The molecule has 8 aliphatic rings. The molecule has 29 N–H and O–H groups in total. The number of aliphatic hydroxyl groups excluding tert-OH is 26. The van der Waals surface area contributed by atoms with E-state index in [1.807, 2.05) is 0 Å². The Bertz CT molecular complexity index is 2770. The summed E-state index contributed by atoms with van der Waals surface area (Å²) in [6, 6.07) is -5.84. The summed E-state index contributed by atoms with van der Waals surface area (Å²) < 4.78 is 94.5. The molecule has 8 heterocycles. The number of hydrogen-bond acceptors (Lipinski definition) is 45. The number of aliphatic hydroxyl groups is 26. The average molecular weight is 1590 g/mol. The van der Waals surface area contributed by atoms with Crippen molar-refractivity contribution in [2.24, 2.45) is 0 Å². The van der Waals surface area contributed by atoms with Gasteiger partial charge in [0.2, 0.25) is 17.7 Å². The van der Waals surface area contributed by atoms with Crippen molar-refractivity contribution in [1.29, 1.82) is 0 Å². The van der Waals surface area contributed by atoms with E-state index in [0.29, 0.717) is 0 Å². The van der Waals surface area contributed by atoms with E-state index in [1.165, 1.54) is 6.92 Å². The van der Waals surface area contributed by atoms with E-state index in [0.717, 1.165) is 20.8 Å². The number of carbonyl (C=O) groups is 3. The second-order valence-electron chi connectivity index (χ2n) is 27.1. The molecule has 0 bridgehead atoms. The average Bonchev–Trinajstić information content (AvgIpc) is 0.758. The molecule has 0 aromatic rings. The maximum Gasteiger partial charge on any atom is 0.217 e. The van der Waals surface area contributed by atoms with Crippen LogP contribution in [0.1, 0.15) is 27.7 Å². The molecule has 0 aliphatic carbocycles. The van der Waals surface area contributed by atoms with E-state index >= 15 is 0 Å². The first kappa shape index (κ1) is 90.3. The molecule has 0 aromatic heterocycles. The zero-order valence-corrected chi connectivity index (χ0v) is 58.2. The predicted molar refractivity (Wildman–Crippen MR) is 333 cm³/mol. The van der Waals surface area contributed by atoms with Crippen molar-refractivity contribution in [3.05, 3.63) is 0 Å². The molecular formula is C60H103N3O45. The third kappa shape index (κ3) is 20.0. The first-order chi connectivity index (χ1) is 51.1. The molecule has 8 saturated heterocycles.